The molecule has 1 heterocycles. The van der Waals surface area contributed by atoms with Crippen molar-refractivity contribution in [3.63, 3.8) is 0 Å². The van der Waals surface area contributed by atoms with Gasteiger partial charge in [-0.05, 0) is 18.6 Å². The van der Waals surface area contributed by atoms with Crippen LogP contribution in [0.3, 0.4) is 0 Å². The molecule has 1 aliphatic rings. The summed E-state index contributed by atoms with van der Waals surface area (Å²) in [5.41, 5.74) is 5.83. The van der Waals surface area contributed by atoms with Crippen LogP contribution in [0, 0.1) is 0 Å². The molecule has 0 spiro atoms. The smallest absolute Gasteiger partial charge is 0.242 e. The largest absolute Gasteiger partial charge is 0.326 e. The number of nitrogens with two attached hydrogens (primary N) is 1. The molecule has 21 heavy (non-hydrogen) atoms. The summed E-state index contributed by atoms with van der Waals surface area (Å²) in [5, 5.41) is 0.239. The minimum Gasteiger partial charge on any atom is -0.326 e. The molecule has 1 atom stereocenters. The van der Waals surface area contributed by atoms with Crippen LogP contribution in [0.15, 0.2) is 17.0 Å². The Bertz CT molecular complexity index is 763. The first-order chi connectivity index (χ1) is 9.66. The predicted molar refractivity (Wildman–Crippen MR) is 81.7 cm³/mol. The number of hydrogen-bond donors (Lipinski definition) is 2. The Morgan fingerprint density at radius 1 is 1.33 bits per heavy atom. The molecule has 6 nitrogen and oxygen atoms in total. The lowest BCUT2D eigenvalue weighted by Gasteiger charge is -2.14. The molecule has 1 fully saturated rings. The Labute approximate surface area is 133 Å². The maximum atomic E-state index is 12.3. The maximum absolute atomic E-state index is 12.3. The van der Waals surface area contributed by atoms with Gasteiger partial charge >= 0.3 is 0 Å². The molecule has 1 aromatic rings. The molecule has 1 unspecified atom stereocenters. The second-order valence-corrected chi connectivity index (χ2v) is 9.46. The monoisotopic (exact) mass is 372 g/mol. The minimum absolute atomic E-state index is 0.00116. The van der Waals surface area contributed by atoms with E-state index in [-0.39, 0.29) is 39.4 Å². The number of rotatable bonds is 4. The summed E-state index contributed by atoms with van der Waals surface area (Å²) in [7, 11) is -7.12. The van der Waals surface area contributed by atoms with Gasteiger partial charge in [0, 0.05) is 23.2 Å². The first kappa shape index (κ1) is 17.0. The van der Waals surface area contributed by atoms with Gasteiger partial charge in [-0.25, -0.2) is 21.6 Å². The lowest BCUT2D eigenvalue weighted by molar-refractivity contribution is 0.562. The summed E-state index contributed by atoms with van der Waals surface area (Å²) in [4.78, 5) is -0.154. The van der Waals surface area contributed by atoms with Gasteiger partial charge in [-0.2, -0.15) is 0 Å². The normalized spacial score (nSPS) is 21.6. The van der Waals surface area contributed by atoms with Crippen LogP contribution in [0.4, 0.5) is 0 Å². The quantitative estimate of drug-likeness (QED) is 0.816. The van der Waals surface area contributed by atoms with Crippen LogP contribution >= 0.6 is 23.2 Å². The number of halogens is 2. The van der Waals surface area contributed by atoms with Crippen molar-refractivity contribution in [2.75, 3.05) is 11.5 Å². The van der Waals surface area contributed by atoms with Crippen LogP contribution in [0.2, 0.25) is 10.0 Å². The molecule has 0 aliphatic carbocycles. The third kappa shape index (κ3) is 3.69. The van der Waals surface area contributed by atoms with Crippen molar-refractivity contribution < 1.29 is 16.8 Å². The zero-order valence-electron chi connectivity index (χ0n) is 10.8. The summed E-state index contributed by atoms with van der Waals surface area (Å²) >= 11 is 11.9. The van der Waals surface area contributed by atoms with Gasteiger partial charge in [-0.3, -0.25) is 0 Å². The van der Waals surface area contributed by atoms with Gasteiger partial charge in [0.05, 0.1) is 16.5 Å². The van der Waals surface area contributed by atoms with Gasteiger partial charge in [0.25, 0.3) is 0 Å². The van der Waals surface area contributed by atoms with Gasteiger partial charge in [0.1, 0.15) is 4.90 Å². The fourth-order valence-corrected chi connectivity index (χ4v) is 6.12. The Hall–Kier alpha value is -0.380. The van der Waals surface area contributed by atoms with Crippen molar-refractivity contribution in [1.29, 1.82) is 0 Å². The Kier molecular flexibility index (Phi) is 4.87. The van der Waals surface area contributed by atoms with E-state index in [1.54, 1.807) is 0 Å². The van der Waals surface area contributed by atoms with E-state index in [1.807, 2.05) is 0 Å². The highest BCUT2D eigenvalue weighted by atomic mass is 35.5. The van der Waals surface area contributed by atoms with Gasteiger partial charge in [0.15, 0.2) is 9.84 Å². The Balaban J connectivity index is 2.33. The molecule has 3 N–H and O–H groups in total. The van der Waals surface area contributed by atoms with E-state index in [0.29, 0.717) is 5.56 Å². The minimum atomic E-state index is -3.93. The van der Waals surface area contributed by atoms with Crippen molar-refractivity contribution in [3.05, 3.63) is 27.7 Å². The van der Waals surface area contributed by atoms with E-state index in [9.17, 15) is 16.8 Å². The average molecular weight is 373 g/mol. The molecular weight excluding hydrogens is 359 g/mol. The highest BCUT2D eigenvalue weighted by molar-refractivity contribution is 7.92. The number of sulfone groups is 1. The lowest BCUT2D eigenvalue weighted by atomic mass is 10.2. The number of sulfonamides is 1. The van der Waals surface area contributed by atoms with Gasteiger partial charge < -0.3 is 5.73 Å². The Morgan fingerprint density at radius 3 is 2.52 bits per heavy atom. The van der Waals surface area contributed by atoms with Crippen LogP contribution in [0.25, 0.3) is 0 Å². The van der Waals surface area contributed by atoms with E-state index in [0.717, 1.165) is 0 Å². The molecule has 0 amide bonds. The Morgan fingerprint density at radius 2 is 2.00 bits per heavy atom. The van der Waals surface area contributed by atoms with Crippen LogP contribution in [-0.2, 0) is 26.4 Å². The van der Waals surface area contributed by atoms with E-state index < -0.39 is 25.9 Å². The van der Waals surface area contributed by atoms with Gasteiger partial charge in [-0.1, -0.05) is 23.2 Å². The molecule has 0 aromatic heterocycles. The zero-order valence-corrected chi connectivity index (χ0v) is 14.0. The summed E-state index contributed by atoms with van der Waals surface area (Å²) < 4.78 is 49.8. The van der Waals surface area contributed by atoms with Crippen molar-refractivity contribution >= 4 is 43.1 Å². The van der Waals surface area contributed by atoms with Crippen LogP contribution in [0.1, 0.15) is 12.0 Å². The maximum Gasteiger partial charge on any atom is 0.242 e. The van der Waals surface area contributed by atoms with Crippen LogP contribution in [0.5, 0.6) is 0 Å². The highest BCUT2D eigenvalue weighted by Crippen LogP contribution is 2.31. The highest BCUT2D eigenvalue weighted by Gasteiger charge is 2.32. The molecule has 0 saturated carbocycles. The summed E-state index contributed by atoms with van der Waals surface area (Å²) in [5.74, 6) is -0.232. The molecule has 1 saturated heterocycles. The number of nitrogens with one attached hydrogen (secondary N) is 1. The molecule has 118 valence electrons. The van der Waals surface area contributed by atoms with Crippen LogP contribution in [-0.4, -0.2) is 34.4 Å². The molecule has 0 bridgehead atoms. The van der Waals surface area contributed by atoms with E-state index in [1.165, 1.54) is 12.1 Å². The van der Waals surface area contributed by atoms with E-state index in [2.05, 4.69) is 4.72 Å². The van der Waals surface area contributed by atoms with Gasteiger partial charge in [-0.15, -0.1) is 0 Å². The van der Waals surface area contributed by atoms with E-state index in [4.69, 9.17) is 28.9 Å². The molecule has 10 heteroatoms. The fourth-order valence-electron chi connectivity index (χ4n) is 2.14. The van der Waals surface area contributed by atoms with Gasteiger partial charge in [0.2, 0.25) is 10.0 Å². The third-order valence-electron chi connectivity index (χ3n) is 3.20. The lowest BCUT2D eigenvalue weighted by Crippen LogP contribution is -2.35. The second-order valence-electron chi connectivity index (χ2n) is 4.76. The molecule has 1 aliphatic heterocycles. The number of hydrogen-bond acceptors (Lipinski definition) is 5. The SMILES string of the molecule is NCc1c(Cl)ccc(S(=O)(=O)NC2CCS(=O)(=O)C2)c1Cl. The van der Waals surface area contributed by atoms with Crippen LogP contribution < -0.4 is 10.5 Å². The standard InChI is InChI=1S/C11H14Cl2N2O4S2/c12-9-1-2-10(11(13)8(9)5-14)21(18,19)15-7-3-4-20(16,17)6-7/h1-2,7,15H,3-6,14H2. The number of benzene rings is 1. The average Bonchev–Trinajstić information content (AvgIpc) is 2.68. The molecule has 0 radical (unpaired) electrons. The summed E-state index contributed by atoms with van der Waals surface area (Å²) in [6, 6.07) is 2.03. The van der Waals surface area contributed by atoms with E-state index >= 15 is 0 Å². The summed E-state index contributed by atoms with van der Waals surface area (Å²) in [6.07, 6.45) is 0.247. The molecule has 1 aromatic carbocycles. The molecular formula is C11H14Cl2N2O4S2. The fraction of sp³-hybridized carbons (Fsp3) is 0.455. The predicted octanol–water partition coefficient (Wildman–Crippen LogP) is 0.918. The topological polar surface area (TPSA) is 106 Å². The van der Waals surface area contributed by atoms with Crippen molar-refractivity contribution in [1.82, 2.24) is 4.72 Å². The summed E-state index contributed by atoms with van der Waals surface area (Å²) in [6.45, 7) is -0.00116. The second kappa shape index (κ2) is 6.02. The zero-order chi connectivity index (χ0) is 15.8. The first-order valence-electron chi connectivity index (χ1n) is 6.06. The first-order valence-corrected chi connectivity index (χ1v) is 10.1. The van der Waals surface area contributed by atoms with Crippen molar-refractivity contribution in [3.8, 4) is 0 Å². The van der Waals surface area contributed by atoms with Crippen molar-refractivity contribution in [2.24, 2.45) is 5.73 Å². The third-order valence-corrected chi connectivity index (χ3v) is 7.43. The molecule has 2 rings (SSSR count). The van der Waals surface area contributed by atoms with Crippen molar-refractivity contribution in [2.45, 2.75) is 23.9 Å².